The molecule has 0 atom stereocenters. The molecule has 1 amide bonds. The maximum Gasteiger partial charge on any atom is 0.272 e. The quantitative estimate of drug-likeness (QED) is 0.749. The van der Waals surface area contributed by atoms with Crippen LogP contribution in [0.25, 0.3) is 10.9 Å². The summed E-state index contributed by atoms with van der Waals surface area (Å²) in [6, 6.07) is 9.52. The second-order valence-corrected chi connectivity index (χ2v) is 4.57. The van der Waals surface area contributed by atoms with Crippen LogP contribution >= 0.6 is 0 Å². The highest BCUT2D eigenvalue weighted by Crippen LogP contribution is 2.14. The number of para-hydroxylation sites is 1. The van der Waals surface area contributed by atoms with E-state index in [2.05, 4.69) is 20.6 Å². The third-order valence-electron chi connectivity index (χ3n) is 3.27. The van der Waals surface area contributed by atoms with E-state index < -0.39 is 0 Å². The first-order chi connectivity index (χ1) is 9.75. The standard InChI is InChI=1S/C14H15N5O/c1-19-10(7-9-16-19)6-8-15-14(20)13-11-4-2-3-5-12(11)17-18-13/h2-5,7,9H,6,8H2,1H3,(H,15,20)(H,17,18). The molecule has 20 heavy (non-hydrogen) atoms. The molecule has 0 spiro atoms. The van der Waals surface area contributed by atoms with Gasteiger partial charge in [-0.05, 0) is 12.1 Å². The summed E-state index contributed by atoms with van der Waals surface area (Å²) in [6.45, 7) is 0.555. The fraction of sp³-hybridized carbons (Fsp3) is 0.214. The Morgan fingerprint density at radius 1 is 1.35 bits per heavy atom. The highest BCUT2D eigenvalue weighted by Gasteiger charge is 2.13. The van der Waals surface area contributed by atoms with Crippen LogP contribution in [0, 0.1) is 0 Å². The molecule has 0 saturated heterocycles. The van der Waals surface area contributed by atoms with Crippen molar-refractivity contribution in [1.82, 2.24) is 25.3 Å². The molecule has 2 aromatic heterocycles. The number of aryl methyl sites for hydroxylation is 1. The molecular formula is C14H15N5O. The molecule has 102 valence electrons. The lowest BCUT2D eigenvalue weighted by Crippen LogP contribution is -2.26. The van der Waals surface area contributed by atoms with Crippen LogP contribution in [0.3, 0.4) is 0 Å². The van der Waals surface area contributed by atoms with Gasteiger partial charge in [-0.25, -0.2) is 0 Å². The van der Waals surface area contributed by atoms with E-state index in [1.54, 1.807) is 10.9 Å². The van der Waals surface area contributed by atoms with Crippen molar-refractivity contribution in [2.24, 2.45) is 7.05 Å². The molecule has 0 aliphatic rings. The van der Waals surface area contributed by atoms with Crippen LogP contribution in [-0.2, 0) is 13.5 Å². The maximum atomic E-state index is 12.1. The third kappa shape index (κ3) is 2.27. The summed E-state index contributed by atoms with van der Waals surface area (Å²) in [6.07, 6.45) is 2.49. The average Bonchev–Trinajstić information content (AvgIpc) is 3.05. The molecule has 0 aliphatic heterocycles. The lowest BCUT2D eigenvalue weighted by atomic mass is 10.2. The smallest absolute Gasteiger partial charge is 0.272 e. The summed E-state index contributed by atoms with van der Waals surface area (Å²) in [5, 5.41) is 14.7. The topological polar surface area (TPSA) is 75.6 Å². The Labute approximate surface area is 115 Å². The lowest BCUT2D eigenvalue weighted by Gasteiger charge is -2.04. The zero-order valence-electron chi connectivity index (χ0n) is 11.1. The lowest BCUT2D eigenvalue weighted by molar-refractivity contribution is 0.0950. The number of rotatable bonds is 4. The number of aromatic amines is 1. The van der Waals surface area contributed by atoms with E-state index in [9.17, 15) is 4.79 Å². The highest BCUT2D eigenvalue weighted by atomic mass is 16.1. The first-order valence-corrected chi connectivity index (χ1v) is 6.44. The van der Waals surface area contributed by atoms with Gasteiger partial charge in [-0.1, -0.05) is 18.2 Å². The normalized spacial score (nSPS) is 10.8. The zero-order valence-corrected chi connectivity index (χ0v) is 11.1. The van der Waals surface area contributed by atoms with Gasteiger partial charge >= 0.3 is 0 Å². The van der Waals surface area contributed by atoms with E-state index in [0.29, 0.717) is 12.2 Å². The average molecular weight is 269 g/mol. The molecule has 0 saturated carbocycles. The van der Waals surface area contributed by atoms with Crippen molar-refractivity contribution in [3.05, 3.63) is 47.9 Å². The van der Waals surface area contributed by atoms with E-state index in [4.69, 9.17) is 0 Å². The van der Waals surface area contributed by atoms with Crippen LogP contribution in [0.4, 0.5) is 0 Å². The van der Waals surface area contributed by atoms with Crippen molar-refractivity contribution in [1.29, 1.82) is 0 Å². The van der Waals surface area contributed by atoms with E-state index in [-0.39, 0.29) is 5.91 Å². The molecule has 0 radical (unpaired) electrons. The van der Waals surface area contributed by atoms with Gasteiger partial charge in [0.25, 0.3) is 5.91 Å². The summed E-state index contributed by atoms with van der Waals surface area (Å²) in [4.78, 5) is 12.1. The largest absolute Gasteiger partial charge is 0.350 e. The van der Waals surface area contributed by atoms with Crippen molar-refractivity contribution in [3.8, 4) is 0 Å². The maximum absolute atomic E-state index is 12.1. The van der Waals surface area contributed by atoms with Crippen LogP contribution in [0.1, 0.15) is 16.2 Å². The number of benzene rings is 1. The molecule has 0 fully saturated rings. The number of nitrogens with zero attached hydrogens (tertiary/aromatic N) is 3. The van der Waals surface area contributed by atoms with Gasteiger partial charge in [-0.3, -0.25) is 14.6 Å². The summed E-state index contributed by atoms with van der Waals surface area (Å²) < 4.78 is 1.80. The van der Waals surface area contributed by atoms with Crippen molar-refractivity contribution in [2.75, 3.05) is 6.54 Å². The van der Waals surface area contributed by atoms with Gasteiger partial charge in [0.2, 0.25) is 0 Å². The first kappa shape index (κ1) is 12.4. The Morgan fingerprint density at radius 2 is 2.20 bits per heavy atom. The summed E-state index contributed by atoms with van der Waals surface area (Å²) >= 11 is 0. The van der Waals surface area contributed by atoms with Gasteiger partial charge in [0.05, 0.1) is 5.52 Å². The summed E-state index contributed by atoms with van der Waals surface area (Å²) in [7, 11) is 1.89. The monoisotopic (exact) mass is 269 g/mol. The summed E-state index contributed by atoms with van der Waals surface area (Å²) in [5.74, 6) is -0.162. The van der Waals surface area contributed by atoms with Gasteiger partial charge in [-0.2, -0.15) is 10.2 Å². The van der Waals surface area contributed by atoms with Crippen LogP contribution in [-0.4, -0.2) is 32.4 Å². The Balaban J connectivity index is 1.66. The molecule has 3 rings (SSSR count). The van der Waals surface area contributed by atoms with E-state index in [1.165, 1.54) is 0 Å². The van der Waals surface area contributed by atoms with Gasteiger partial charge in [-0.15, -0.1) is 0 Å². The van der Waals surface area contributed by atoms with Crippen LogP contribution < -0.4 is 5.32 Å². The number of carbonyl (C=O) groups is 1. The zero-order chi connectivity index (χ0) is 13.9. The number of amides is 1. The molecule has 0 aliphatic carbocycles. The molecule has 0 bridgehead atoms. The molecule has 6 heteroatoms. The van der Waals surface area contributed by atoms with Crippen molar-refractivity contribution < 1.29 is 4.79 Å². The van der Waals surface area contributed by atoms with Gasteiger partial charge < -0.3 is 5.32 Å². The van der Waals surface area contributed by atoms with Crippen molar-refractivity contribution in [3.63, 3.8) is 0 Å². The molecule has 3 aromatic rings. The third-order valence-corrected chi connectivity index (χ3v) is 3.27. The Morgan fingerprint density at radius 3 is 3.00 bits per heavy atom. The van der Waals surface area contributed by atoms with E-state index >= 15 is 0 Å². The molecular weight excluding hydrogens is 254 g/mol. The minimum atomic E-state index is -0.162. The van der Waals surface area contributed by atoms with Crippen molar-refractivity contribution in [2.45, 2.75) is 6.42 Å². The minimum Gasteiger partial charge on any atom is -0.350 e. The van der Waals surface area contributed by atoms with Gasteiger partial charge in [0, 0.05) is 37.3 Å². The Hall–Kier alpha value is -2.63. The van der Waals surface area contributed by atoms with Crippen LogP contribution in [0.15, 0.2) is 36.5 Å². The highest BCUT2D eigenvalue weighted by molar-refractivity contribution is 6.04. The molecule has 6 nitrogen and oxygen atoms in total. The van der Waals surface area contributed by atoms with Gasteiger partial charge in [0.15, 0.2) is 5.69 Å². The predicted molar refractivity (Wildman–Crippen MR) is 75.3 cm³/mol. The fourth-order valence-corrected chi connectivity index (χ4v) is 2.17. The minimum absolute atomic E-state index is 0.162. The number of H-pyrrole nitrogens is 1. The molecule has 1 aromatic carbocycles. The summed E-state index contributed by atoms with van der Waals surface area (Å²) in [5.41, 5.74) is 2.38. The first-order valence-electron chi connectivity index (χ1n) is 6.44. The van der Waals surface area contributed by atoms with E-state index in [0.717, 1.165) is 23.0 Å². The van der Waals surface area contributed by atoms with Crippen LogP contribution in [0.2, 0.25) is 0 Å². The predicted octanol–water partition coefficient (Wildman–Crippen LogP) is 1.27. The van der Waals surface area contributed by atoms with Crippen molar-refractivity contribution >= 4 is 16.8 Å². The Kier molecular flexibility index (Phi) is 3.20. The number of fused-ring (bicyclic) bond motifs is 1. The molecule has 2 N–H and O–H groups in total. The second-order valence-electron chi connectivity index (χ2n) is 4.57. The van der Waals surface area contributed by atoms with Crippen LogP contribution in [0.5, 0.6) is 0 Å². The van der Waals surface area contributed by atoms with Gasteiger partial charge in [0.1, 0.15) is 0 Å². The number of aromatic nitrogens is 4. The number of nitrogens with one attached hydrogen (secondary N) is 2. The Bertz CT molecular complexity index is 743. The number of hydrogen-bond acceptors (Lipinski definition) is 3. The molecule has 2 heterocycles. The molecule has 0 unspecified atom stereocenters. The SMILES string of the molecule is Cn1nccc1CCNC(=O)c1n[nH]c2ccccc12. The van der Waals surface area contributed by atoms with E-state index in [1.807, 2.05) is 37.4 Å². The fourth-order valence-electron chi connectivity index (χ4n) is 2.17. The second kappa shape index (κ2) is 5.16. The number of hydrogen-bond donors (Lipinski definition) is 2. The number of carbonyl (C=O) groups excluding carboxylic acids is 1.